The van der Waals surface area contributed by atoms with Crippen LogP contribution in [0, 0.1) is 5.41 Å². The molecule has 1 aliphatic rings. The molecule has 0 aromatic heterocycles. The summed E-state index contributed by atoms with van der Waals surface area (Å²) in [6.07, 6.45) is 0.268. The molecule has 2 atom stereocenters. The molecule has 0 aliphatic carbocycles. The minimum absolute atomic E-state index is 0.358. The van der Waals surface area contributed by atoms with Crippen molar-refractivity contribution in [3.8, 4) is 0 Å². The molecule has 0 aromatic rings. The topological polar surface area (TPSA) is 133 Å². The minimum Gasteiger partial charge on any atom is -0.481 e. The highest BCUT2D eigenvalue weighted by atomic mass is 16.7. The van der Waals surface area contributed by atoms with Crippen molar-refractivity contribution in [2.45, 2.75) is 52.1 Å². The summed E-state index contributed by atoms with van der Waals surface area (Å²) in [7, 11) is 0. The largest absolute Gasteiger partial charge is 0.481 e. The zero-order valence-corrected chi connectivity index (χ0v) is 13.4. The summed E-state index contributed by atoms with van der Waals surface area (Å²) in [5.41, 5.74) is -0.740. The van der Waals surface area contributed by atoms with E-state index in [1.807, 2.05) is 0 Å². The van der Waals surface area contributed by atoms with Gasteiger partial charge < -0.3 is 20.4 Å². The van der Waals surface area contributed by atoms with E-state index in [1.54, 1.807) is 20.8 Å². The lowest BCUT2D eigenvalue weighted by atomic mass is 9.98. The van der Waals surface area contributed by atoms with Gasteiger partial charge in [0, 0.05) is 6.54 Å². The predicted molar refractivity (Wildman–Crippen MR) is 77.1 cm³/mol. The molecule has 0 spiro atoms. The maximum Gasteiger partial charge on any atom is 0.330 e. The Bertz CT molecular complexity index is 498. The number of rotatable bonds is 6. The van der Waals surface area contributed by atoms with Crippen LogP contribution in [-0.4, -0.2) is 57.7 Å². The highest BCUT2D eigenvalue weighted by Gasteiger charge is 2.37. The Morgan fingerprint density at radius 1 is 1.26 bits per heavy atom. The summed E-state index contributed by atoms with van der Waals surface area (Å²) in [6.45, 7) is 5.38. The van der Waals surface area contributed by atoms with Crippen molar-refractivity contribution in [2.75, 3.05) is 6.54 Å². The summed E-state index contributed by atoms with van der Waals surface area (Å²) in [6, 6.07) is -2.35. The van der Waals surface area contributed by atoms with Gasteiger partial charge in [0.2, 0.25) is 5.91 Å². The van der Waals surface area contributed by atoms with E-state index in [0.29, 0.717) is 19.4 Å². The number of carbonyl (C=O) groups excluding carboxylic acids is 2. The fourth-order valence-electron chi connectivity index (χ4n) is 2.00. The Morgan fingerprint density at radius 3 is 2.35 bits per heavy atom. The van der Waals surface area contributed by atoms with Gasteiger partial charge in [0.15, 0.2) is 0 Å². The van der Waals surface area contributed by atoms with Gasteiger partial charge in [-0.2, -0.15) is 0 Å². The second-order valence-electron chi connectivity index (χ2n) is 6.42. The highest BCUT2D eigenvalue weighted by Crippen LogP contribution is 2.22. The first-order valence-corrected chi connectivity index (χ1v) is 7.26. The zero-order chi connectivity index (χ0) is 17.8. The molecule has 1 heterocycles. The first-order chi connectivity index (χ1) is 10.5. The van der Waals surface area contributed by atoms with Crippen molar-refractivity contribution >= 4 is 23.8 Å². The quantitative estimate of drug-likeness (QED) is 0.619. The molecule has 1 saturated heterocycles. The Labute approximate surface area is 133 Å². The number of hydrogen-bond donors (Lipinski definition) is 3. The maximum atomic E-state index is 12.2. The average Bonchev–Trinajstić information content (AvgIpc) is 2.84. The second kappa shape index (κ2) is 7.40. The summed E-state index contributed by atoms with van der Waals surface area (Å²) in [5.74, 6) is -3.94. The first-order valence-electron chi connectivity index (χ1n) is 7.26. The summed E-state index contributed by atoms with van der Waals surface area (Å²) in [4.78, 5) is 50.9. The van der Waals surface area contributed by atoms with Gasteiger partial charge in [0.05, 0.1) is 11.8 Å². The average molecular weight is 330 g/mol. The van der Waals surface area contributed by atoms with Gasteiger partial charge >= 0.3 is 17.9 Å². The van der Waals surface area contributed by atoms with Crippen molar-refractivity contribution in [2.24, 2.45) is 5.41 Å². The number of hydrogen-bond acceptors (Lipinski definition) is 6. The molecule has 0 bridgehead atoms. The van der Waals surface area contributed by atoms with Crippen LogP contribution in [0.4, 0.5) is 0 Å². The van der Waals surface area contributed by atoms with E-state index in [4.69, 9.17) is 15.1 Å². The molecule has 130 valence electrons. The van der Waals surface area contributed by atoms with E-state index in [0.717, 1.165) is 0 Å². The summed E-state index contributed by atoms with van der Waals surface area (Å²) >= 11 is 0. The lowest BCUT2D eigenvalue weighted by Crippen LogP contribution is -2.50. The van der Waals surface area contributed by atoms with Crippen LogP contribution in [0.15, 0.2) is 0 Å². The Hall–Kier alpha value is -2.16. The highest BCUT2D eigenvalue weighted by molar-refractivity contribution is 5.89. The van der Waals surface area contributed by atoms with Crippen LogP contribution in [-0.2, 0) is 24.0 Å². The number of carboxylic acids is 2. The van der Waals surface area contributed by atoms with Gasteiger partial charge in [-0.3, -0.25) is 9.59 Å². The Kier molecular flexibility index (Phi) is 6.08. The van der Waals surface area contributed by atoms with E-state index in [9.17, 15) is 19.2 Å². The van der Waals surface area contributed by atoms with E-state index in [-0.39, 0.29) is 0 Å². The third-order valence-corrected chi connectivity index (χ3v) is 3.31. The molecule has 1 fully saturated rings. The van der Waals surface area contributed by atoms with Gasteiger partial charge in [-0.15, -0.1) is 5.06 Å². The van der Waals surface area contributed by atoms with Crippen LogP contribution in [0.2, 0.25) is 0 Å². The summed E-state index contributed by atoms with van der Waals surface area (Å²) < 4.78 is 0. The molecule has 1 amide bonds. The predicted octanol–water partition coefficient (Wildman–Crippen LogP) is -0.000800. The molecule has 9 heteroatoms. The third-order valence-electron chi connectivity index (χ3n) is 3.31. The molecule has 0 radical (unpaired) electrons. The SMILES string of the molecule is CC(C)(C)C(=O)ON1CCC[C@H]1C(=O)N[C@@H](CC(=O)O)C(=O)O. The van der Waals surface area contributed by atoms with Crippen molar-refractivity contribution in [3.63, 3.8) is 0 Å². The maximum absolute atomic E-state index is 12.2. The monoisotopic (exact) mass is 330 g/mol. The fraction of sp³-hybridized carbons (Fsp3) is 0.714. The number of hydroxylamine groups is 2. The third kappa shape index (κ3) is 5.51. The van der Waals surface area contributed by atoms with Crippen LogP contribution in [0.25, 0.3) is 0 Å². The van der Waals surface area contributed by atoms with Crippen LogP contribution < -0.4 is 5.32 Å². The molecular formula is C14H22N2O7. The lowest BCUT2D eigenvalue weighted by Gasteiger charge is -2.26. The van der Waals surface area contributed by atoms with Crippen molar-refractivity contribution in [3.05, 3.63) is 0 Å². The molecule has 23 heavy (non-hydrogen) atoms. The minimum atomic E-state index is -1.53. The lowest BCUT2D eigenvalue weighted by molar-refractivity contribution is -0.204. The van der Waals surface area contributed by atoms with E-state index >= 15 is 0 Å². The molecular weight excluding hydrogens is 308 g/mol. The van der Waals surface area contributed by atoms with Gasteiger partial charge in [0.25, 0.3) is 0 Å². The van der Waals surface area contributed by atoms with Gasteiger partial charge in [-0.1, -0.05) is 0 Å². The molecule has 1 rings (SSSR count). The fourth-order valence-corrected chi connectivity index (χ4v) is 2.00. The Balaban J connectivity index is 2.71. The van der Waals surface area contributed by atoms with Crippen LogP contribution in [0.3, 0.4) is 0 Å². The molecule has 9 nitrogen and oxygen atoms in total. The Morgan fingerprint density at radius 2 is 1.87 bits per heavy atom. The van der Waals surface area contributed by atoms with E-state index in [1.165, 1.54) is 5.06 Å². The molecule has 1 aliphatic heterocycles. The van der Waals surface area contributed by atoms with Crippen LogP contribution >= 0.6 is 0 Å². The van der Waals surface area contributed by atoms with Crippen molar-refractivity contribution < 1.29 is 34.2 Å². The molecule has 0 saturated carbocycles. The molecule has 0 aromatic carbocycles. The first kappa shape index (κ1) is 18.9. The molecule has 3 N–H and O–H groups in total. The number of nitrogens with one attached hydrogen (secondary N) is 1. The van der Waals surface area contributed by atoms with Crippen molar-refractivity contribution in [1.82, 2.24) is 10.4 Å². The van der Waals surface area contributed by atoms with Gasteiger partial charge in [-0.05, 0) is 33.6 Å². The number of aliphatic carboxylic acids is 2. The number of carboxylic acid groups (broad SMARTS) is 2. The van der Waals surface area contributed by atoms with Crippen molar-refractivity contribution in [1.29, 1.82) is 0 Å². The van der Waals surface area contributed by atoms with E-state index < -0.39 is 47.7 Å². The second-order valence-corrected chi connectivity index (χ2v) is 6.42. The van der Waals surface area contributed by atoms with E-state index in [2.05, 4.69) is 5.32 Å². The number of amides is 1. The smallest absolute Gasteiger partial charge is 0.330 e. The standard InChI is InChI=1S/C14H22N2O7/c1-14(2,3)13(22)23-16-6-4-5-9(16)11(19)15-8(12(20)21)7-10(17)18/h8-9H,4-7H2,1-3H3,(H,15,19)(H,17,18)(H,20,21)/t8-,9-/m0/s1. The molecule has 0 unspecified atom stereocenters. The van der Waals surface area contributed by atoms with Crippen LogP contribution in [0.1, 0.15) is 40.0 Å². The normalized spacial score (nSPS) is 19.9. The number of carbonyl (C=O) groups is 4. The number of nitrogens with zero attached hydrogens (tertiary/aromatic N) is 1. The zero-order valence-electron chi connectivity index (χ0n) is 13.4. The summed E-state index contributed by atoms with van der Waals surface area (Å²) in [5, 5.41) is 21.0. The van der Waals surface area contributed by atoms with Gasteiger partial charge in [0.1, 0.15) is 12.1 Å². The van der Waals surface area contributed by atoms with Gasteiger partial charge in [-0.25, -0.2) is 9.59 Å². The van der Waals surface area contributed by atoms with Crippen LogP contribution in [0.5, 0.6) is 0 Å².